The molecule has 0 radical (unpaired) electrons. The number of carbonyl (C=O) groups is 3. The molecule has 1 saturated heterocycles. The van der Waals surface area contributed by atoms with Crippen molar-refractivity contribution < 1.29 is 23.9 Å². The van der Waals surface area contributed by atoms with Crippen molar-refractivity contribution in [2.45, 2.75) is 18.9 Å². The van der Waals surface area contributed by atoms with Crippen LogP contribution in [0, 0.1) is 5.82 Å². The Morgan fingerprint density at radius 2 is 1.75 bits per heavy atom. The van der Waals surface area contributed by atoms with Crippen molar-refractivity contribution in [1.82, 2.24) is 15.2 Å². The fourth-order valence-corrected chi connectivity index (χ4v) is 2.94. The summed E-state index contributed by atoms with van der Waals surface area (Å²) in [6.45, 7) is 0.919. The topological polar surface area (TPSA) is 112 Å². The fraction of sp³-hybridized carbons (Fsp3) is 0.263. The number of anilines is 1. The number of amides is 3. The highest BCUT2D eigenvalue weighted by Crippen LogP contribution is 2.15. The van der Waals surface area contributed by atoms with E-state index in [9.17, 15) is 18.8 Å². The van der Waals surface area contributed by atoms with E-state index < -0.39 is 5.97 Å². The number of carboxylic acids is 1. The van der Waals surface area contributed by atoms with Crippen molar-refractivity contribution in [3.8, 4) is 0 Å². The number of carbonyl (C=O) groups excluding carboxylic acids is 2. The standard InChI is InChI=1S/C19H19FN4O4/c20-13-2-4-14(5-3-13)22-19(28)23-15-7-9-24(10-8-15)17(25)12-1-6-16(18(26)27)21-11-12/h1-6,11,15H,7-10H2,(H,26,27)(H2,22,23,28). The van der Waals surface area contributed by atoms with Crippen LogP contribution in [0.2, 0.25) is 0 Å². The molecule has 0 atom stereocenters. The lowest BCUT2D eigenvalue weighted by molar-refractivity contribution is 0.0681. The van der Waals surface area contributed by atoms with E-state index in [1.807, 2.05) is 0 Å². The largest absolute Gasteiger partial charge is 0.477 e. The molecule has 1 aromatic carbocycles. The van der Waals surface area contributed by atoms with Gasteiger partial charge in [0.1, 0.15) is 11.5 Å². The van der Waals surface area contributed by atoms with Crippen molar-refractivity contribution in [2.75, 3.05) is 18.4 Å². The summed E-state index contributed by atoms with van der Waals surface area (Å²) in [6.07, 6.45) is 2.43. The number of pyridine rings is 1. The van der Waals surface area contributed by atoms with Crippen LogP contribution in [0.4, 0.5) is 14.9 Å². The zero-order chi connectivity index (χ0) is 20.1. The number of urea groups is 1. The molecule has 1 aromatic heterocycles. The van der Waals surface area contributed by atoms with Crippen LogP contribution < -0.4 is 10.6 Å². The smallest absolute Gasteiger partial charge is 0.354 e. The molecule has 1 aliphatic heterocycles. The maximum absolute atomic E-state index is 12.9. The van der Waals surface area contributed by atoms with Crippen LogP contribution >= 0.6 is 0 Å². The molecule has 0 unspecified atom stereocenters. The Morgan fingerprint density at radius 3 is 2.32 bits per heavy atom. The highest BCUT2D eigenvalue weighted by molar-refractivity contribution is 5.95. The maximum atomic E-state index is 12.9. The van der Waals surface area contributed by atoms with Gasteiger partial charge in [-0.05, 0) is 49.2 Å². The number of rotatable bonds is 4. The second-order valence-corrected chi connectivity index (χ2v) is 6.41. The Hall–Kier alpha value is -3.49. The molecule has 2 heterocycles. The van der Waals surface area contributed by atoms with Crippen LogP contribution in [0.1, 0.15) is 33.7 Å². The van der Waals surface area contributed by atoms with Gasteiger partial charge in [-0.2, -0.15) is 0 Å². The van der Waals surface area contributed by atoms with E-state index in [4.69, 9.17) is 5.11 Å². The minimum atomic E-state index is -1.15. The minimum Gasteiger partial charge on any atom is -0.477 e. The van der Waals surface area contributed by atoms with Gasteiger partial charge in [0.15, 0.2) is 0 Å². The van der Waals surface area contributed by atoms with Crippen molar-refractivity contribution in [3.05, 3.63) is 59.7 Å². The monoisotopic (exact) mass is 386 g/mol. The van der Waals surface area contributed by atoms with Crippen LogP contribution in [-0.2, 0) is 0 Å². The van der Waals surface area contributed by atoms with Gasteiger partial charge >= 0.3 is 12.0 Å². The number of benzene rings is 1. The van der Waals surface area contributed by atoms with Gasteiger partial charge in [-0.1, -0.05) is 0 Å². The summed E-state index contributed by atoms with van der Waals surface area (Å²) >= 11 is 0. The number of hydrogen-bond acceptors (Lipinski definition) is 4. The van der Waals surface area contributed by atoms with E-state index in [-0.39, 0.29) is 29.5 Å². The average molecular weight is 386 g/mol. The highest BCUT2D eigenvalue weighted by Gasteiger charge is 2.25. The van der Waals surface area contributed by atoms with Crippen LogP contribution in [0.15, 0.2) is 42.6 Å². The second-order valence-electron chi connectivity index (χ2n) is 6.41. The number of halogens is 1. The predicted octanol–water partition coefficient (Wildman–Crippen LogP) is 2.35. The third kappa shape index (κ3) is 4.81. The molecule has 146 valence electrons. The lowest BCUT2D eigenvalue weighted by atomic mass is 10.0. The Labute approximate surface area is 160 Å². The summed E-state index contributed by atoms with van der Waals surface area (Å²) < 4.78 is 12.9. The van der Waals surface area contributed by atoms with E-state index in [1.54, 1.807) is 4.90 Å². The van der Waals surface area contributed by atoms with Crippen molar-refractivity contribution in [1.29, 1.82) is 0 Å². The number of carboxylic acid groups (broad SMARTS) is 1. The molecule has 0 aliphatic carbocycles. The molecule has 0 spiro atoms. The van der Waals surface area contributed by atoms with Crippen molar-refractivity contribution in [2.24, 2.45) is 0 Å². The number of piperidine rings is 1. The Morgan fingerprint density at radius 1 is 1.07 bits per heavy atom. The quantitative estimate of drug-likeness (QED) is 0.747. The summed E-state index contributed by atoms with van der Waals surface area (Å²) in [5.41, 5.74) is 0.695. The van der Waals surface area contributed by atoms with Gasteiger partial charge in [-0.3, -0.25) is 4.79 Å². The first-order valence-electron chi connectivity index (χ1n) is 8.74. The number of aromatic carboxylic acids is 1. The van der Waals surface area contributed by atoms with Crippen molar-refractivity contribution in [3.63, 3.8) is 0 Å². The lowest BCUT2D eigenvalue weighted by Crippen LogP contribution is -2.47. The van der Waals surface area contributed by atoms with E-state index in [0.717, 1.165) is 0 Å². The zero-order valence-corrected chi connectivity index (χ0v) is 14.9. The molecular weight excluding hydrogens is 367 g/mol. The summed E-state index contributed by atoms with van der Waals surface area (Å²) in [5, 5.41) is 14.3. The van der Waals surface area contributed by atoms with Crippen LogP contribution in [-0.4, -0.2) is 52.0 Å². The third-order valence-corrected chi connectivity index (χ3v) is 4.45. The zero-order valence-electron chi connectivity index (χ0n) is 14.9. The van der Waals surface area contributed by atoms with Gasteiger partial charge in [0, 0.05) is 31.0 Å². The van der Waals surface area contributed by atoms with Gasteiger partial charge in [0.05, 0.1) is 5.56 Å². The molecule has 0 bridgehead atoms. The van der Waals surface area contributed by atoms with Gasteiger partial charge in [-0.15, -0.1) is 0 Å². The van der Waals surface area contributed by atoms with E-state index in [0.29, 0.717) is 37.2 Å². The first-order valence-corrected chi connectivity index (χ1v) is 8.74. The molecule has 1 aliphatic rings. The third-order valence-electron chi connectivity index (χ3n) is 4.45. The molecule has 3 N–H and O–H groups in total. The van der Waals surface area contributed by atoms with E-state index in [2.05, 4.69) is 15.6 Å². The first-order chi connectivity index (χ1) is 13.4. The molecule has 9 heteroatoms. The molecule has 3 rings (SSSR count). The molecule has 28 heavy (non-hydrogen) atoms. The Kier molecular flexibility index (Phi) is 5.83. The van der Waals surface area contributed by atoms with E-state index >= 15 is 0 Å². The molecule has 8 nitrogen and oxygen atoms in total. The number of likely N-dealkylation sites (tertiary alicyclic amines) is 1. The normalized spacial score (nSPS) is 14.4. The number of nitrogens with zero attached hydrogens (tertiary/aromatic N) is 2. The van der Waals surface area contributed by atoms with Gasteiger partial charge in [0.2, 0.25) is 0 Å². The summed E-state index contributed by atoms with van der Waals surface area (Å²) in [7, 11) is 0. The van der Waals surface area contributed by atoms with Gasteiger partial charge < -0.3 is 20.6 Å². The average Bonchev–Trinajstić information content (AvgIpc) is 2.70. The predicted molar refractivity (Wildman–Crippen MR) is 98.7 cm³/mol. The van der Waals surface area contributed by atoms with Gasteiger partial charge in [0.25, 0.3) is 5.91 Å². The molecule has 0 saturated carbocycles. The number of hydrogen-bond donors (Lipinski definition) is 3. The first kappa shape index (κ1) is 19.3. The molecular formula is C19H19FN4O4. The van der Waals surface area contributed by atoms with E-state index in [1.165, 1.54) is 42.6 Å². The van der Waals surface area contributed by atoms with Gasteiger partial charge in [-0.25, -0.2) is 19.0 Å². The molecule has 2 aromatic rings. The molecule has 3 amide bonds. The number of aromatic nitrogens is 1. The SMILES string of the molecule is O=C(Nc1ccc(F)cc1)NC1CCN(C(=O)c2ccc(C(=O)O)nc2)CC1. The van der Waals surface area contributed by atoms with Crippen LogP contribution in [0.5, 0.6) is 0 Å². The number of nitrogens with one attached hydrogen (secondary N) is 2. The maximum Gasteiger partial charge on any atom is 0.354 e. The summed E-state index contributed by atoms with van der Waals surface area (Å²) in [5.74, 6) is -1.75. The second kappa shape index (κ2) is 8.47. The highest BCUT2D eigenvalue weighted by atomic mass is 19.1. The van der Waals surface area contributed by atoms with Crippen LogP contribution in [0.3, 0.4) is 0 Å². The Balaban J connectivity index is 1.48. The Bertz CT molecular complexity index is 863. The fourth-order valence-electron chi connectivity index (χ4n) is 2.94. The van der Waals surface area contributed by atoms with Crippen LogP contribution in [0.25, 0.3) is 0 Å². The summed E-state index contributed by atoms with van der Waals surface area (Å²) in [4.78, 5) is 40.8. The lowest BCUT2D eigenvalue weighted by Gasteiger charge is -2.32. The summed E-state index contributed by atoms with van der Waals surface area (Å²) in [6, 6.07) is 7.74. The molecule has 1 fully saturated rings. The van der Waals surface area contributed by atoms with Crippen molar-refractivity contribution >= 4 is 23.6 Å². The minimum absolute atomic E-state index is 0.0861.